The second-order valence-corrected chi connectivity index (χ2v) is 18.4. The van der Waals surface area contributed by atoms with E-state index in [1.54, 1.807) is 33.9 Å². The number of rotatable bonds is 25. The van der Waals surface area contributed by atoms with Gasteiger partial charge in [0.05, 0.1) is 11.8 Å². The van der Waals surface area contributed by atoms with Crippen LogP contribution in [0.2, 0.25) is 0 Å². The molecule has 0 fully saturated rings. The third kappa shape index (κ3) is 13.0. The number of aliphatic carboxylic acids is 2. The zero-order valence-electron chi connectivity index (χ0n) is 40.6. The Morgan fingerprint density at radius 1 is 0.557 bits per heavy atom. The Morgan fingerprint density at radius 3 is 1.46 bits per heavy atom. The predicted molar refractivity (Wildman–Crippen MR) is 267 cm³/mol. The lowest BCUT2D eigenvalue weighted by atomic mass is 9.64. The number of carbonyl (C=O) groups excluding carboxylic acids is 5. The van der Waals surface area contributed by atoms with Gasteiger partial charge in [0, 0.05) is 23.5 Å². The number of H-pyrrole nitrogens is 1. The number of carbonyl (C=O) groups is 7. The van der Waals surface area contributed by atoms with Gasteiger partial charge >= 0.3 is 11.9 Å². The number of benzene rings is 4. The number of nitrogens with two attached hydrogens (primary N) is 1. The Kier molecular flexibility index (Phi) is 19.0. The van der Waals surface area contributed by atoms with Gasteiger partial charge in [0.2, 0.25) is 29.5 Å². The van der Waals surface area contributed by atoms with Crippen LogP contribution in [-0.4, -0.2) is 92.9 Å². The van der Waals surface area contributed by atoms with Crippen LogP contribution in [0.3, 0.4) is 0 Å². The van der Waals surface area contributed by atoms with Gasteiger partial charge in [-0.2, -0.15) is 0 Å². The smallest absolute Gasteiger partial charge is 0.326 e. The summed E-state index contributed by atoms with van der Waals surface area (Å²) < 4.78 is 0. The molecule has 0 spiro atoms. The largest absolute Gasteiger partial charge is 0.481 e. The Bertz CT molecular complexity index is 2470. The predicted octanol–water partition coefficient (Wildman–Crippen LogP) is 5.19. The molecule has 0 unspecified atom stereocenters. The molecule has 1 heterocycles. The van der Waals surface area contributed by atoms with E-state index in [4.69, 9.17) is 5.73 Å². The molecule has 16 nitrogen and oxygen atoms in total. The van der Waals surface area contributed by atoms with E-state index < -0.39 is 101 Å². The molecule has 0 bridgehead atoms. The molecule has 0 saturated carbocycles. The van der Waals surface area contributed by atoms with Crippen molar-refractivity contribution < 1.29 is 43.8 Å². The van der Waals surface area contributed by atoms with Crippen LogP contribution in [0, 0.1) is 17.8 Å². The van der Waals surface area contributed by atoms with Gasteiger partial charge in [-0.1, -0.05) is 164 Å². The van der Waals surface area contributed by atoms with Crippen LogP contribution < -0.4 is 32.3 Å². The first-order valence-corrected chi connectivity index (χ1v) is 23.9. The SMILES string of the molecule is CC[C@H](C)[C@H](NC(=O)[C@H](CC(=O)O)NC(=O)[C@H](CC(C)C)NC(=O)[C@H](N)C(c1ccccc1)(c1ccccc1)c1ccccc1)C(=O)N[C@H](C(=O)N[C@@H](Cc1c[nH]c2ccccc12)C(=O)O)[C@@H](C)CC. The average Bonchev–Trinajstić information content (AvgIpc) is 3.76. The van der Waals surface area contributed by atoms with E-state index in [0.717, 1.165) is 27.6 Å². The fourth-order valence-electron chi connectivity index (χ4n) is 8.84. The number of amides is 5. The first kappa shape index (κ1) is 53.6. The molecule has 10 N–H and O–H groups in total. The van der Waals surface area contributed by atoms with Crippen LogP contribution in [0.5, 0.6) is 0 Å². The quantitative estimate of drug-likeness (QED) is 0.0346. The van der Waals surface area contributed by atoms with Gasteiger partial charge in [0.1, 0.15) is 36.3 Å². The molecule has 0 saturated heterocycles. The van der Waals surface area contributed by atoms with Crippen molar-refractivity contribution in [2.75, 3.05) is 0 Å². The normalized spacial score (nSPS) is 15.0. The third-order valence-electron chi connectivity index (χ3n) is 13.1. The molecule has 70 heavy (non-hydrogen) atoms. The Labute approximate surface area is 409 Å². The minimum Gasteiger partial charge on any atom is -0.481 e. The topological polar surface area (TPSA) is 262 Å². The molecule has 4 aromatic carbocycles. The van der Waals surface area contributed by atoms with Crippen LogP contribution in [0.4, 0.5) is 0 Å². The van der Waals surface area contributed by atoms with Crippen molar-refractivity contribution in [3.8, 4) is 0 Å². The molecule has 0 radical (unpaired) electrons. The first-order chi connectivity index (χ1) is 33.4. The number of aromatic nitrogens is 1. The van der Waals surface area contributed by atoms with Gasteiger partial charge < -0.3 is 47.5 Å². The van der Waals surface area contributed by atoms with E-state index in [0.29, 0.717) is 18.4 Å². The Hall–Kier alpha value is -7.33. The average molecular weight is 958 g/mol. The zero-order valence-corrected chi connectivity index (χ0v) is 40.6. The monoisotopic (exact) mass is 958 g/mol. The van der Waals surface area contributed by atoms with E-state index in [9.17, 15) is 43.8 Å². The van der Waals surface area contributed by atoms with Crippen LogP contribution in [0.15, 0.2) is 121 Å². The maximum atomic E-state index is 14.7. The van der Waals surface area contributed by atoms with Gasteiger partial charge in [-0.15, -0.1) is 0 Å². The van der Waals surface area contributed by atoms with Crippen LogP contribution in [-0.2, 0) is 45.4 Å². The highest BCUT2D eigenvalue weighted by Crippen LogP contribution is 2.41. The van der Waals surface area contributed by atoms with Crippen LogP contribution in [0.25, 0.3) is 10.9 Å². The van der Waals surface area contributed by atoms with Gasteiger partial charge in [0.25, 0.3) is 0 Å². The van der Waals surface area contributed by atoms with Crippen LogP contribution in [0.1, 0.15) is 89.5 Å². The molecule has 1 aromatic heterocycles. The van der Waals surface area contributed by atoms with Crippen molar-refractivity contribution in [2.45, 2.75) is 115 Å². The van der Waals surface area contributed by atoms with Crippen molar-refractivity contribution in [1.82, 2.24) is 31.6 Å². The molecular weight excluding hydrogens is 891 g/mol. The molecule has 16 heteroatoms. The molecule has 0 aliphatic carbocycles. The molecule has 8 atom stereocenters. The fraction of sp³-hybridized carbons (Fsp3) is 0.389. The summed E-state index contributed by atoms with van der Waals surface area (Å²) in [5.74, 6) is -7.97. The second kappa shape index (κ2) is 24.8. The highest BCUT2D eigenvalue weighted by molar-refractivity contribution is 5.98. The van der Waals surface area contributed by atoms with E-state index in [1.165, 1.54) is 0 Å². The van der Waals surface area contributed by atoms with E-state index in [-0.39, 0.29) is 18.8 Å². The van der Waals surface area contributed by atoms with E-state index in [2.05, 4.69) is 31.6 Å². The van der Waals surface area contributed by atoms with Crippen molar-refractivity contribution in [2.24, 2.45) is 23.5 Å². The highest BCUT2D eigenvalue weighted by atomic mass is 16.4. The van der Waals surface area contributed by atoms with Crippen molar-refractivity contribution >= 4 is 52.4 Å². The lowest BCUT2D eigenvalue weighted by Crippen LogP contribution is -2.62. The van der Waals surface area contributed by atoms with Crippen molar-refractivity contribution in [3.05, 3.63) is 144 Å². The number of carboxylic acids is 2. The number of nitrogens with one attached hydrogen (secondary N) is 6. The van der Waals surface area contributed by atoms with Gasteiger partial charge in [-0.05, 0) is 52.5 Å². The highest BCUT2D eigenvalue weighted by Gasteiger charge is 2.46. The maximum Gasteiger partial charge on any atom is 0.326 e. The summed E-state index contributed by atoms with van der Waals surface area (Å²) in [6.45, 7) is 10.7. The summed E-state index contributed by atoms with van der Waals surface area (Å²) >= 11 is 0. The second-order valence-electron chi connectivity index (χ2n) is 18.4. The number of para-hydroxylation sites is 1. The Balaban J connectivity index is 1.37. The molecule has 5 rings (SSSR count). The maximum absolute atomic E-state index is 14.7. The Morgan fingerprint density at radius 2 is 0.986 bits per heavy atom. The molecule has 0 aliphatic rings. The summed E-state index contributed by atoms with van der Waals surface area (Å²) in [6, 6.07) is 27.1. The summed E-state index contributed by atoms with van der Waals surface area (Å²) in [7, 11) is 0. The van der Waals surface area contributed by atoms with Crippen LogP contribution >= 0.6 is 0 Å². The molecular formula is C54H67N7O9. The first-order valence-electron chi connectivity index (χ1n) is 23.9. The fourth-order valence-corrected chi connectivity index (χ4v) is 8.84. The zero-order chi connectivity index (χ0) is 51.1. The van der Waals surface area contributed by atoms with Crippen molar-refractivity contribution in [3.63, 3.8) is 0 Å². The number of carboxylic acid groups (broad SMARTS) is 2. The summed E-state index contributed by atoms with van der Waals surface area (Å²) in [5, 5.41) is 34.3. The molecule has 0 aliphatic heterocycles. The van der Waals surface area contributed by atoms with Crippen molar-refractivity contribution in [1.29, 1.82) is 0 Å². The molecule has 5 amide bonds. The van der Waals surface area contributed by atoms with Gasteiger partial charge in [-0.25, -0.2) is 4.79 Å². The van der Waals surface area contributed by atoms with Gasteiger partial charge in [-0.3, -0.25) is 28.8 Å². The molecule has 5 aromatic rings. The lowest BCUT2D eigenvalue weighted by Gasteiger charge is -2.40. The molecule has 372 valence electrons. The lowest BCUT2D eigenvalue weighted by molar-refractivity contribution is -0.142. The van der Waals surface area contributed by atoms with E-state index >= 15 is 0 Å². The minimum absolute atomic E-state index is 0.0428. The number of fused-ring (bicyclic) bond motifs is 1. The van der Waals surface area contributed by atoms with Gasteiger partial charge in [0.15, 0.2) is 0 Å². The summed E-state index contributed by atoms with van der Waals surface area (Å²) in [4.78, 5) is 99.1. The summed E-state index contributed by atoms with van der Waals surface area (Å²) in [5.41, 5.74) is 9.50. The minimum atomic E-state index is -1.71. The number of hydrogen-bond acceptors (Lipinski definition) is 8. The number of hydrogen-bond donors (Lipinski definition) is 9. The third-order valence-corrected chi connectivity index (χ3v) is 13.1. The van der Waals surface area contributed by atoms with E-state index in [1.807, 2.05) is 129 Å². The standard InChI is InChI=1S/C54H67N7O9/c1-7-33(5)45(50(66)59-43(53(69)70)29-35-31-56-40-27-19-18-26-39(35)40)61-51(67)46(34(6)8-2)60-49(65)42(30-44(62)63)57-48(64)41(28-32(3)4)58-52(68)47(55)54(36-20-12-9-13-21-36,37-22-14-10-15-23-37)38-24-16-11-17-25-38/h9-27,31-34,41-43,45-47,56H,7-8,28-30,55H2,1-6H3,(H,57,64)(H,58,68)(H,59,66)(H,60,65)(H,61,67)(H,62,63)(H,69,70)/t33-,34-,41-,42-,43-,45-,46-,47-/m0/s1. The summed E-state index contributed by atoms with van der Waals surface area (Å²) in [6.07, 6.45) is 1.63. The number of aromatic amines is 1.